The number of piperazine rings is 1. The first-order valence-electron chi connectivity index (χ1n) is 15.7. The number of halogens is 4. The van der Waals surface area contributed by atoms with Crippen molar-refractivity contribution >= 4 is 45.2 Å². The molecule has 252 valence electrons. The summed E-state index contributed by atoms with van der Waals surface area (Å²) >= 11 is 6.37. The number of ether oxygens (including phenoxy) is 2. The van der Waals surface area contributed by atoms with Gasteiger partial charge < -0.3 is 19.3 Å². The smallest absolute Gasteiger partial charge is 0.410 e. The normalized spacial score (nSPS) is 20.4. The lowest BCUT2D eigenvalue weighted by Crippen LogP contribution is -2.56. The predicted molar refractivity (Wildman–Crippen MR) is 176 cm³/mol. The lowest BCUT2D eigenvalue weighted by atomic mass is 10.0. The molecule has 0 saturated carbocycles. The van der Waals surface area contributed by atoms with Crippen LogP contribution in [0.2, 0.25) is 5.02 Å². The summed E-state index contributed by atoms with van der Waals surface area (Å²) in [6.07, 6.45) is 0.221. The van der Waals surface area contributed by atoms with E-state index in [1.54, 1.807) is 52.1 Å². The number of nitrogens with zero attached hydrogens (tertiary/aromatic N) is 7. The summed E-state index contributed by atoms with van der Waals surface area (Å²) in [5, 5.41) is 10.6. The van der Waals surface area contributed by atoms with Crippen LogP contribution in [0.25, 0.3) is 32.9 Å². The van der Waals surface area contributed by atoms with E-state index in [4.69, 9.17) is 21.1 Å². The maximum absolute atomic E-state index is 16.7. The van der Waals surface area contributed by atoms with Gasteiger partial charge in [0.2, 0.25) is 0 Å². The lowest BCUT2D eigenvalue weighted by molar-refractivity contribution is 0.0145. The van der Waals surface area contributed by atoms with Crippen LogP contribution in [0.5, 0.6) is 6.01 Å². The summed E-state index contributed by atoms with van der Waals surface area (Å²) in [5.41, 5.74) is -0.638. The van der Waals surface area contributed by atoms with Crippen molar-refractivity contribution in [3.8, 4) is 23.3 Å². The Balaban J connectivity index is 1.43. The number of likely N-dealkylation sites (tertiary alicyclic amines) is 1. The summed E-state index contributed by atoms with van der Waals surface area (Å²) in [7, 11) is 1.80. The van der Waals surface area contributed by atoms with E-state index >= 15 is 4.39 Å². The van der Waals surface area contributed by atoms with Gasteiger partial charge in [0, 0.05) is 49.4 Å². The number of amides is 1. The molecule has 2 aliphatic heterocycles. The Hall–Kier alpha value is -4.41. The third-order valence-corrected chi connectivity index (χ3v) is 8.98. The van der Waals surface area contributed by atoms with Gasteiger partial charge in [-0.25, -0.2) is 18.0 Å². The average Bonchev–Trinajstić information content (AvgIpc) is 3.37. The number of likely N-dealkylation sites (N-methyl/N-ethyl adjacent to an activating group) is 1. The molecule has 48 heavy (non-hydrogen) atoms. The maximum Gasteiger partial charge on any atom is 0.410 e. The number of hydrogen-bond donors (Lipinski definition) is 0. The van der Waals surface area contributed by atoms with E-state index in [0.29, 0.717) is 16.6 Å². The second-order valence-corrected chi connectivity index (χ2v) is 13.5. The van der Waals surface area contributed by atoms with Crippen LogP contribution in [0.15, 0.2) is 36.5 Å². The maximum atomic E-state index is 16.7. The summed E-state index contributed by atoms with van der Waals surface area (Å²) in [6.45, 7) is 6.33. The van der Waals surface area contributed by atoms with Gasteiger partial charge in [-0.1, -0.05) is 35.9 Å². The van der Waals surface area contributed by atoms with Crippen LogP contribution in [0.1, 0.15) is 33.6 Å². The standard InChI is InChI=1S/C34H35ClF3N7O3/c1-34(2,3)48-33(46)45-13-12-44(17-21(45)10-11-39)31-24-15-40-29(23-7-5-6-19-8-9-25(37)27(35)26(19)23)28(38)30(24)41-32(42-31)47-18-22-14-20(36)16-43(22)4/h5-9,15,20-22H,10,12-14,16-18H2,1-4H3/t20-,21+,22+/m1/s1. The number of hydrogen-bond acceptors (Lipinski definition) is 9. The van der Waals surface area contributed by atoms with Gasteiger partial charge in [-0.3, -0.25) is 9.88 Å². The van der Waals surface area contributed by atoms with Gasteiger partial charge in [0.15, 0.2) is 5.82 Å². The van der Waals surface area contributed by atoms with E-state index in [-0.39, 0.29) is 84.9 Å². The Kier molecular flexibility index (Phi) is 9.24. The van der Waals surface area contributed by atoms with Gasteiger partial charge in [0.1, 0.15) is 41.2 Å². The number of aromatic nitrogens is 3. The van der Waals surface area contributed by atoms with Gasteiger partial charge in [-0.2, -0.15) is 15.2 Å². The highest BCUT2D eigenvalue weighted by Crippen LogP contribution is 2.38. The zero-order valence-electron chi connectivity index (χ0n) is 27.0. The van der Waals surface area contributed by atoms with Crippen molar-refractivity contribution in [1.82, 2.24) is 24.8 Å². The Morgan fingerprint density at radius 3 is 2.62 bits per heavy atom. The Labute approximate surface area is 281 Å². The molecule has 2 aliphatic rings. The zero-order chi connectivity index (χ0) is 34.3. The van der Waals surface area contributed by atoms with E-state index in [0.717, 1.165) is 0 Å². The first kappa shape index (κ1) is 33.5. The fraction of sp³-hybridized carbons (Fsp3) is 0.441. The number of nitriles is 1. The monoisotopic (exact) mass is 681 g/mol. The molecule has 0 spiro atoms. The minimum absolute atomic E-state index is 0.0235. The quantitative estimate of drug-likeness (QED) is 0.224. The van der Waals surface area contributed by atoms with Crippen molar-refractivity contribution in [3.63, 3.8) is 0 Å². The molecule has 3 atom stereocenters. The average molecular weight is 682 g/mol. The van der Waals surface area contributed by atoms with E-state index in [1.165, 1.54) is 17.2 Å². The van der Waals surface area contributed by atoms with Gasteiger partial charge in [0.25, 0.3) is 0 Å². The third-order valence-electron chi connectivity index (χ3n) is 8.61. The molecule has 4 aromatic rings. The van der Waals surface area contributed by atoms with Crippen LogP contribution in [-0.4, -0.2) is 94.5 Å². The minimum Gasteiger partial charge on any atom is -0.462 e. The van der Waals surface area contributed by atoms with Crippen LogP contribution >= 0.6 is 11.6 Å². The second kappa shape index (κ2) is 13.2. The van der Waals surface area contributed by atoms with Crippen molar-refractivity contribution in [2.24, 2.45) is 0 Å². The fourth-order valence-electron chi connectivity index (χ4n) is 6.29. The highest BCUT2D eigenvalue weighted by atomic mass is 35.5. The third kappa shape index (κ3) is 6.64. The fourth-order valence-corrected chi connectivity index (χ4v) is 6.56. The summed E-state index contributed by atoms with van der Waals surface area (Å²) in [6, 6.07) is 9.09. The number of carbonyl (C=O) groups excluding carboxylic acids is 1. The topological polar surface area (TPSA) is 108 Å². The van der Waals surface area contributed by atoms with Crippen LogP contribution < -0.4 is 9.64 Å². The van der Waals surface area contributed by atoms with Crippen LogP contribution in [-0.2, 0) is 4.74 Å². The molecule has 2 aromatic heterocycles. The minimum atomic E-state index is -0.988. The molecule has 1 amide bonds. The lowest BCUT2D eigenvalue weighted by Gasteiger charge is -2.41. The highest BCUT2D eigenvalue weighted by molar-refractivity contribution is 6.36. The van der Waals surface area contributed by atoms with E-state index in [1.807, 2.05) is 9.80 Å². The summed E-state index contributed by atoms with van der Waals surface area (Å²) in [4.78, 5) is 31.8. The molecule has 6 rings (SSSR count). The van der Waals surface area contributed by atoms with Crippen molar-refractivity contribution < 1.29 is 27.4 Å². The number of fused-ring (bicyclic) bond motifs is 2. The van der Waals surface area contributed by atoms with Gasteiger partial charge >= 0.3 is 12.1 Å². The first-order chi connectivity index (χ1) is 22.8. The van der Waals surface area contributed by atoms with Gasteiger partial charge in [-0.15, -0.1) is 0 Å². The molecule has 0 unspecified atom stereocenters. The SMILES string of the molecule is CN1C[C@H](F)C[C@H]1COc1nc(N2CCN(C(=O)OC(C)(C)C)[C@@H](CC#N)C2)c2cnc(-c3cccc4ccc(F)c(Cl)c34)c(F)c2n1. The molecule has 2 saturated heterocycles. The van der Waals surface area contributed by atoms with Crippen LogP contribution in [0, 0.1) is 23.0 Å². The molecule has 4 heterocycles. The number of benzene rings is 2. The number of pyridine rings is 1. The predicted octanol–water partition coefficient (Wildman–Crippen LogP) is 6.54. The largest absolute Gasteiger partial charge is 0.462 e. The van der Waals surface area contributed by atoms with E-state index < -0.39 is 35.5 Å². The van der Waals surface area contributed by atoms with Gasteiger partial charge in [0.05, 0.1) is 28.9 Å². The molecule has 14 heteroatoms. The van der Waals surface area contributed by atoms with Crippen molar-refractivity contribution in [2.45, 2.75) is 57.5 Å². The second-order valence-electron chi connectivity index (χ2n) is 13.2. The Morgan fingerprint density at radius 1 is 1.12 bits per heavy atom. The van der Waals surface area contributed by atoms with Crippen molar-refractivity contribution in [2.75, 3.05) is 44.7 Å². The van der Waals surface area contributed by atoms with E-state index in [2.05, 4.69) is 21.0 Å². The molecule has 2 fully saturated rings. The molecule has 0 aliphatic carbocycles. The summed E-state index contributed by atoms with van der Waals surface area (Å²) in [5.74, 6) is -1.15. The van der Waals surface area contributed by atoms with E-state index in [9.17, 15) is 18.8 Å². The van der Waals surface area contributed by atoms with Crippen molar-refractivity contribution in [1.29, 1.82) is 5.26 Å². The zero-order valence-corrected chi connectivity index (χ0v) is 27.8. The first-order valence-corrected chi connectivity index (χ1v) is 16.0. The molecular weight excluding hydrogens is 647 g/mol. The molecule has 0 N–H and O–H groups in total. The summed E-state index contributed by atoms with van der Waals surface area (Å²) < 4.78 is 56.9. The number of alkyl halides is 1. The highest BCUT2D eigenvalue weighted by Gasteiger charge is 2.35. The van der Waals surface area contributed by atoms with Crippen LogP contribution in [0.3, 0.4) is 0 Å². The Bertz CT molecular complexity index is 1920. The molecule has 10 nitrogen and oxygen atoms in total. The number of anilines is 1. The molecule has 0 radical (unpaired) electrons. The molecular formula is C34H35ClF3N7O3. The molecule has 0 bridgehead atoms. The van der Waals surface area contributed by atoms with Crippen LogP contribution in [0.4, 0.5) is 23.8 Å². The van der Waals surface area contributed by atoms with Crippen molar-refractivity contribution in [3.05, 3.63) is 53.2 Å². The van der Waals surface area contributed by atoms with Gasteiger partial charge in [-0.05, 0) is 45.7 Å². The Morgan fingerprint density at radius 2 is 1.92 bits per heavy atom. The number of carbonyl (C=O) groups is 1. The molecule has 2 aromatic carbocycles. The number of rotatable bonds is 6.